The molecule has 0 N–H and O–H groups in total. The minimum absolute atomic E-state index is 0.0700. The van der Waals surface area contributed by atoms with Gasteiger partial charge in [-0.25, -0.2) is 13.2 Å². The number of benzene rings is 2. The van der Waals surface area contributed by atoms with Gasteiger partial charge in [-0.2, -0.15) is 0 Å². The number of fused-ring (bicyclic) bond motifs is 1. The van der Waals surface area contributed by atoms with Crippen molar-refractivity contribution < 1.29 is 41.6 Å². The van der Waals surface area contributed by atoms with Crippen LogP contribution in [0.3, 0.4) is 0 Å². The van der Waals surface area contributed by atoms with Crippen LogP contribution in [0.2, 0.25) is 0 Å². The number of hydrogen-bond donors (Lipinski definition) is 0. The Morgan fingerprint density at radius 2 is 1.51 bits per heavy atom. The smallest absolute Gasteiger partial charge is 0.338 e. The molecule has 6 saturated carbocycles. The van der Waals surface area contributed by atoms with Crippen molar-refractivity contribution >= 4 is 95.8 Å². The maximum atomic E-state index is 13.8. The summed E-state index contributed by atoms with van der Waals surface area (Å²) in [6.45, 7) is 0. The van der Waals surface area contributed by atoms with Crippen LogP contribution < -0.4 is 4.74 Å². The molecule has 9 nitrogen and oxygen atoms in total. The zero-order chi connectivity index (χ0) is 31.5. The molecule has 0 amide bonds. The monoisotopic (exact) mass is 969 g/mol. The molecule has 0 radical (unpaired) electrons. The van der Waals surface area contributed by atoms with Crippen LogP contribution in [0.5, 0.6) is 5.75 Å². The first kappa shape index (κ1) is 31.2. The summed E-state index contributed by atoms with van der Waals surface area (Å²) in [5, 5.41) is 0. The molecule has 6 atom stereocenters. The normalized spacial score (nSPS) is 37.2. The topological polar surface area (TPSA) is 136 Å². The molecule has 2 aromatic carbocycles. The first-order valence-electron chi connectivity index (χ1n) is 15.2. The maximum absolute atomic E-state index is 13.8. The summed E-state index contributed by atoms with van der Waals surface area (Å²) in [6, 6.07) is 7.68. The van der Waals surface area contributed by atoms with Crippen LogP contribution in [0.1, 0.15) is 60.4 Å². The molecule has 2 aromatic rings. The SMILES string of the molecule is O=C(OC1C2CC3C1OC(=O)C3C2C(=O)Oc1ccc(S(=O)(=O)[O-])c(C2C3CC4CC(C3)CC2C4)c1)c1cc(I)c(I)c(I)c1. The van der Waals surface area contributed by atoms with Gasteiger partial charge in [0.1, 0.15) is 28.1 Å². The average molecular weight is 969 g/mol. The zero-order valence-corrected chi connectivity index (χ0v) is 31.0. The van der Waals surface area contributed by atoms with E-state index in [1.807, 2.05) is 0 Å². The van der Waals surface area contributed by atoms with E-state index in [-0.39, 0.29) is 22.5 Å². The van der Waals surface area contributed by atoms with Crippen molar-refractivity contribution in [2.45, 2.75) is 61.5 Å². The third kappa shape index (κ3) is 5.18. The molecule has 9 rings (SSSR count). The van der Waals surface area contributed by atoms with Crippen molar-refractivity contribution in [3.05, 3.63) is 52.2 Å². The van der Waals surface area contributed by atoms with Crippen LogP contribution >= 0.6 is 67.8 Å². The van der Waals surface area contributed by atoms with Crippen LogP contribution in [-0.4, -0.2) is 43.1 Å². The number of ether oxygens (including phenoxy) is 3. The Morgan fingerprint density at radius 1 is 0.867 bits per heavy atom. The van der Waals surface area contributed by atoms with E-state index >= 15 is 0 Å². The summed E-state index contributed by atoms with van der Waals surface area (Å²) in [7, 11) is -4.75. The number of rotatable bonds is 6. The van der Waals surface area contributed by atoms with Crippen molar-refractivity contribution in [2.75, 3.05) is 0 Å². The van der Waals surface area contributed by atoms with E-state index in [0.29, 0.717) is 41.2 Å². The van der Waals surface area contributed by atoms with E-state index in [0.717, 1.165) is 36.4 Å². The molecule has 1 aliphatic heterocycles. The van der Waals surface area contributed by atoms with Crippen LogP contribution in [0.25, 0.3) is 0 Å². The van der Waals surface area contributed by atoms with E-state index < -0.39 is 58.0 Å². The van der Waals surface area contributed by atoms with Gasteiger partial charge in [-0.3, -0.25) is 9.59 Å². The van der Waals surface area contributed by atoms with Crippen molar-refractivity contribution in [2.24, 2.45) is 47.3 Å². The van der Waals surface area contributed by atoms with Crippen molar-refractivity contribution in [1.29, 1.82) is 0 Å². The Kier molecular flexibility index (Phi) is 7.81. The minimum Gasteiger partial charge on any atom is -0.744 e. The van der Waals surface area contributed by atoms with Gasteiger partial charge in [0.25, 0.3) is 0 Å². The highest BCUT2D eigenvalue weighted by atomic mass is 127. The predicted octanol–water partition coefficient (Wildman–Crippen LogP) is 5.88. The van der Waals surface area contributed by atoms with Crippen LogP contribution in [0.15, 0.2) is 35.2 Å². The molecule has 13 heteroatoms. The average Bonchev–Trinajstić information content (AvgIpc) is 3.58. The number of carbonyl (C=O) groups excluding carboxylic acids is 3. The van der Waals surface area contributed by atoms with Gasteiger partial charge in [0.15, 0.2) is 0 Å². The molecule has 0 aromatic heterocycles. The predicted molar refractivity (Wildman–Crippen MR) is 182 cm³/mol. The fraction of sp³-hybridized carbons (Fsp3) is 0.531. The molecular formula is C32H28I3O9S-. The number of halogens is 3. The highest BCUT2D eigenvalue weighted by Crippen LogP contribution is 2.61. The van der Waals surface area contributed by atoms with Gasteiger partial charge in [-0.05, 0) is 172 Å². The standard InChI is InChI=1S/C32H29I3O9S/c33-21-8-16(9-22(34)27(21)35)30(36)43-28-19-11-20-26(32(38)44-29(20)28)25(19)31(37)42-17-1-2-23(45(39,40)41)18(10-17)24-14-4-12-3-13(6-14)7-15(24)5-12/h1-2,8-10,12-15,19-20,24-26,28-29H,3-7,11H2,(H,39,40,41)/p-1. The molecule has 1 heterocycles. The molecule has 0 spiro atoms. The second-order valence-electron chi connectivity index (χ2n) is 13.7. The van der Waals surface area contributed by atoms with Crippen LogP contribution in [0.4, 0.5) is 0 Å². The van der Waals surface area contributed by atoms with E-state index in [1.54, 1.807) is 18.2 Å². The molecule has 7 aliphatic rings. The lowest BCUT2D eigenvalue weighted by Gasteiger charge is -2.55. The van der Waals surface area contributed by atoms with Gasteiger partial charge in [-0.15, -0.1) is 0 Å². The molecule has 45 heavy (non-hydrogen) atoms. The van der Waals surface area contributed by atoms with Gasteiger partial charge in [0.05, 0.1) is 22.3 Å². The second kappa shape index (κ2) is 11.3. The van der Waals surface area contributed by atoms with Crippen LogP contribution in [-0.2, 0) is 29.2 Å². The Bertz CT molecular complexity index is 1710. The van der Waals surface area contributed by atoms with E-state index in [9.17, 15) is 27.4 Å². The summed E-state index contributed by atoms with van der Waals surface area (Å²) >= 11 is 6.55. The molecule has 1 saturated heterocycles. The van der Waals surface area contributed by atoms with Crippen molar-refractivity contribution in [1.82, 2.24) is 0 Å². The highest BCUT2D eigenvalue weighted by molar-refractivity contribution is 14.1. The fourth-order valence-corrected chi connectivity index (χ4v) is 12.8. The lowest BCUT2D eigenvalue weighted by molar-refractivity contribution is -0.149. The Labute approximate surface area is 301 Å². The molecular weight excluding hydrogens is 941 g/mol. The van der Waals surface area contributed by atoms with Crippen molar-refractivity contribution in [3.63, 3.8) is 0 Å². The van der Waals surface area contributed by atoms with Gasteiger partial charge >= 0.3 is 17.9 Å². The lowest BCUT2D eigenvalue weighted by atomic mass is 9.51. The summed E-state index contributed by atoms with van der Waals surface area (Å²) in [5.74, 6) is -1.94. The first-order chi connectivity index (χ1) is 21.4. The van der Waals surface area contributed by atoms with Gasteiger partial charge < -0.3 is 18.8 Å². The molecule has 238 valence electrons. The molecule has 6 aliphatic carbocycles. The highest BCUT2D eigenvalue weighted by Gasteiger charge is 2.70. The van der Waals surface area contributed by atoms with E-state index in [4.69, 9.17) is 14.2 Å². The fourth-order valence-electron chi connectivity index (χ4n) is 10.0. The quantitative estimate of drug-likeness (QED) is 0.114. The molecule has 6 unspecified atom stereocenters. The Hall–Kier alpha value is -1.05. The second-order valence-corrected chi connectivity index (χ2v) is 18.4. The third-order valence-electron chi connectivity index (χ3n) is 11.3. The third-order valence-corrected chi connectivity index (χ3v) is 17.2. The Morgan fingerprint density at radius 3 is 2.13 bits per heavy atom. The van der Waals surface area contributed by atoms with E-state index in [2.05, 4.69) is 67.8 Å². The molecule has 7 fully saturated rings. The van der Waals surface area contributed by atoms with Crippen molar-refractivity contribution in [3.8, 4) is 5.75 Å². The Balaban J connectivity index is 1.06. The zero-order valence-electron chi connectivity index (χ0n) is 23.7. The largest absolute Gasteiger partial charge is 0.744 e. The number of carbonyl (C=O) groups is 3. The summed E-state index contributed by atoms with van der Waals surface area (Å²) in [5.41, 5.74) is 0.837. The summed E-state index contributed by atoms with van der Waals surface area (Å²) in [4.78, 5) is 39.8. The van der Waals surface area contributed by atoms with Crippen LogP contribution in [0, 0.1) is 58.1 Å². The summed E-state index contributed by atoms with van der Waals surface area (Å²) in [6.07, 6.45) is 4.44. The minimum atomic E-state index is -4.75. The molecule has 6 bridgehead atoms. The summed E-state index contributed by atoms with van der Waals surface area (Å²) < 4.78 is 57.5. The lowest BCUT2D eigenvalue weighted by Crippen LogP contribution is -2.44. The first-order valence-corrected chi connectivity index (χ1v) is 19.9. The van der Waals surface area contributed by atoms with E-state index in [1.165, 1.54) is 18.6 Å². The van der Waals surface area contributed by atoms with Gasteiger partial charge in [0, 0.05) is 22.5 Å². The van der Waals surface area contributed by atoms with Gasteiger partial charge in [0.2, 0.25) is 0 Å². The number of esters is 3. The van der Waals surface area contributed by atoms with Gasteiger partial charge in [-0.1, -0.05) is 0 Å². The maximum Gasteiger partial charge on any atom is 0.338 e. The number of hydrogen-bond acceptors (Lipinski definition) is 9.